The molecule has 0 fully saturated rings. The lowest BCUT2D eigenvalue weighted by atomic mass is 10.1. The summed E-state index contributed by atoms with van der Waals surface area (Å²) < 4.78 is 22.3. The number of hydrogen-bond acceptors (Lipinski definition) is 4. The molecule has 0 spiro atoms. The van der Waals surface area contributed by atoms with Crippen molar-refractivity contribution in [1.82, 2.24) is 10.2 Å². The number of sulfone groups is 1. The van der Waals surface area contributed by atoms with Gasteiger partial charge in [0.05, 0.1) is 5.75 Å². The van der Waals surface area contributed by atoms with Crippen molar-refractivity contribution in [1.29, 1.82) is 0 Å². The van der Waals surface area contributed by atoms with E-state index in [0.717, 1.165) is 32.4 Å². The number of likely N-dealkylation sites (N-methyl/N-ethyl adjacent to an activating group) is 1. The van der Waals surface area contributed by atoms with E-state index in [1.54, 1.807) is 0 Å². The highest BCUT2D eigenvalue weighted by Gasteiger charge is 2.14. The molecule has 1 N–H and O–H groups in total. The van der Waals surface area contributed by atoms with Crippen molar-refractivity contribution in [2.75, 3.05) is 38.7 Å². The maximum atomic E-state index is 11.1. The van der Waals surface area contributed by atoms with Crippen LogP contribution in [-0.2, 0) is 9.84 Å². The average Bonchev–Trinajstić information content (AvgIpc) is 2.24. The van der Waals surface area contributed by atoms with E-state index in [1.807, 2.05) is 7.05 Å². The maximum absolute atomic E-state index is 11.1. The van der Waals surface area contributed by atoms with Crippen molar-refractivity contribution in [2.45, 2.75) is 39.2 Å². The van der Waals surface area contributed by atoms with Crippen LogP contribution in [0.4, 0.5) is 0 Å². The summed E-state index contributed by atoms with van der Waals surface area (Å²) in [4.78, 5) is 2.16. The highest BCUT2D eigenvalue weighted by atomic mass is 32.2. The summed E-state index contributed by atoms with van der Waals surface area (Å²) >= 11 is 0. The molecule has 0 aromatic rings. The monoisotopic (exact) mass is 264 g/mol. The number of rotatable bonds is 10. The van der Waals surface area contributed by atoms with E-state index in [9.17, 15) is 8.42 Å². The van der Waals surface area contributed by atoms with Crippen molar-refractivity contribution in [3.8, 4) is 0 Å². The van der Waals surface area contributed by atoms with E-state index in [1.165, 1.54) is 6.26 Å². The largest absolute Gasteiger partial charge is 0.315 e. The lowest BCUT2D eigenvalue weighted by Gasteiger charge is -2.28. The summed E-state index contributed by atoms with van der Waals surface area (Å²) in [6.45, 7) is 6.91. The van der Waals surface area contributed by atoms with Crippen LogP contribution >= 0.6 is 0 Å². The van der Waals surface area contributed by atoms with Gasteiger partial charge in [0.15, 0.2) is 0 Å². The van der Waals surface area contributed by atoms with Crippen molar-refractivity contribution in [3.05, 3.63) is 0 Å². The zero-order valence-corrected chi connectivity index (χ0v) is 12.5. The van der Waals surface area contributed by atoms with Crippen LogP contribution in [0.1, 0.15) is 33.1 Å². The highest BCUT2D eigenvalue weighted by Crippen LogP contribution is 2.04. The Morgan fingerprint density at radius 1 is 1.24 bits per heavy atom. The van der Waals surface area contributed by atoms with Gasteiger partial charge in [-0.1, -0.05) is 20.3 Å². The summed E-state index contributed by atoms with van der Waals surface area (Å²) in [5.74, 6) is 0.248. The number of nitrogens with one attached hydrogen (secondary N) is 1. The number of nitrogens with zero attached hydrogens (tertiary/aromatic N) is 1. The third-order valence-electron chi connectivity index (χ3n) is 2.87. The molecular weight excluding hydrogens is 236 g/mol. The molecule has 17 heavy (non-hydrogen) atoms. The van der Waals surface area contributed by atoms with Gasteiger partial charge in [0.1, 0.15) is 9.84 Å². The topological polar surface area (TPSA) is 49.4 Å². The Morgan fingerprint density at radius 2 is 1.88 bits per heavy atom. The molecule has 0 radical (unpaired) electrons. The first-order valence-corrected chi connectivity index (χ1v) is 8.55. The first kappa shape index (κ1) is 16.9. The molecule has 104 valence electrons. The highest BCUT2D eigenvalue weighted by molar-refractivity contribution is 7.90. The molecule has 0 aromatic carbocycles. The lowest BCUT2D eigenvalue weighted by molar-refractivity contribution is 0.234. The van der Waals surface area contributed by atoms with Crippen LogP contribution in [-0.4, -0.2) is 58.1 Å². The minimum atomic E-state index is -2.85. The van der Waals surface area contributed by atoms with Gasteiger partial charge in [0.2, 0.25) is 0 Å². The molecule has 5 heteroatoms. The summed E-state index contributed by atoms with van der Waals surface area (Å²) in [5.41, 5.74) is 0. The third kappa shape index (κ3) is 9.56. The van der Waals surface area contributed by atoms with E-state index < -0.39 is 9.84 Å². The Labute approximate surface area is 107 Å². The molecule has 0 saturated heterocycles. The normalized spacial score (nSPS) is 14.2. The Morgan fingerprint density at radius 3 is 2.35 bits per heavy atom. The standard InChI is InChI=1S/C12H28N2O2S/c1-5-7-12(11-13-8-6-2)14(3)9-10-17(4,15)16/h12-13H,5-11H2,1-4H3. The Balaban J connectivity index is 4.08. The molecule has 0 aliphatic carbocycles. The van der Waals surface area contributed by atoms with Gasteiger partial charge in [-0.15, -0.1) is 0 Å². The second-order valence-electron chi connectivity index (χ2n) is 4.76. The van der Waals surface area contributed by atoms with Crippen LogP contribution in [0.15, 0.2) is 0 Å². The fraction of sp³-hybridized carbons (Fsp3) is 1.00. The molecule has 1 unspecified atom stereocenters. The van der Waals surface area contributed by atoms with Crippen LogP contribution in [0.2, 0.25) is 0 Å². The van der Waals surface area contributed by atoms with E-state index in [4.69, 9.17) is 0 Å². The minimum absolute atomic E-state index is 0.248. The van der Waals surface area contributed by atoms with Crippen molar-refractivity contribution < 1.29 is 8.42 Å². The zero-order valence-electron chi connectivity index (χ0n) is 11.7. The van der Waals surface area contributed by atoms with E-state index in [0.29, 0.717) is 12.6 Å². The van der Waals surface area contributed by atoms with Crippen molar-refractivity contribution >= 4 is 9.84 Å². The van der Waals surface area contributed by atoms with Gasteiger partial charge in [-0.25, -0.2) is 8.42 Å². The summed E-state index contributed by atoms with van der Waals surface area (Å²) in [7, 11) is -0.842. The fourth-order valence-electron chi connectivity index (χ4n) is 1.75. The van der Waals surface area contributed by atoms with Gasteiger partial charge < -0.3 is 10.2 Å². The molecule has 0 bridgehead atoms. The van der Waals surface area contributed by atoms with Gasteiger partial charge in [-0.3, -0.25) is 0 Å². The molecule has 0 rings (SSSR count). The van der Waals surface area contributed by atoms with Gasteiger partial charge >= 0.3 is 0 Å². The van der Waals surface area contributed by atoms with Crippen LogP contribution in [0.3, 0.4) is 0 Å². The summed E-state index contributed by atoms with van der Waals surface area (Å²) in [5, 5.41) is 3.41. The van der Waals surface area contributed by atoms with Gasteiger partial charge in [0, 0.05) is 25.4 Å². The maximum Gasteiger partial charge on any atom is 0.148 e. The van der Waals surface area contributed by atoms with Gasteiger partial charge in [0.25, 0.3) is 0 Å². The Hall–Kier alpha value is -0.130. The third-order valence-corrected chi connectivity index (χ3v) is 3.79. The molecule has 1 atom stereocenters. The number of hydrogen-bond donors (Lipinski definition) is 1. The van der Waals surface area contributed by atoms with Crippen molar-refractivity contribution in [3.63, 3.8) is 0 Å². The van der Waals surface area contributed by atoms with Crippen LogP contribution in [0, 0.1) is 0 Å². The smallest absolute Gasteiger partial charge is 0.148 e. The fourth-order valence-corrected chi connectivity index (χ4v) is 2.37. The molecule has 0 amide bonds. The van der Waals surface area contributed by atoms with Crippen LogP contribution in [0.25, 0.3) is 0 Å². The molecular formula is C12H28N2O2S. The van der Waals surface area contributed by atoms with Gasteiger partial charge in [-0.2, -0.15) is 0 Å². The predicted octanol–water partition coefficient (Wildman–Crippen LogP) is 1.13. The van der Waals surface area contributed by atoms with E-state index in [-0.39, 0.29) is 5.75 Å². The van der Waals surface area contributed by atoms with Crippen LogP contribution in [0.5, 0.6) is 0 Å². The van der Waals surface area contributed by atoms with E-state index >= 15 is 0 Å². The zero-order chi connectivity index (χ0) is 13.3. The summed E-state index contributed by atoms with van der Waals surface area (Å²) in [6.07, 6.45) is 4.66. The Kier molecular flexibility index (Phi) is 8.82. The molecule has 4 nitrogen and oxygen atoms in total. The van der Waals surface area contributed by atoms with Crippen molar-refractivity contribution in [2.24, 2.45) is 0 Å². The molecule has 0 heterocycles. The SMILES string of the molecule is CCCNCC(CCC)N(C)CCS(C)(=O)=O. The molecule has 0 saturated carbocycles. The molecule has 0 aliphatic rings. The second-order valence-corrected chi connectivity index (χ2v) is 7.02. The Bertz CT molecular complexity index is 278. The molecule has 0 aliphatic heterocycles. The average molecular weight is 264 g/mol. The minimum Gasteiger partial charge on any atom is -0.315 e. The lowest BCUT2D eigenvalue weighted by Crippen LogP contribution is -2.42. The first-order valence-electron chi connectivity index (χ1n) is 6.49. The second kappa shape index (κ2) is 8.89. The quantitative estimate of drug-likeness (QED) is 0.601. The first-order chi connectivity index (χ1) is 7.90. The molecule has 0 aromatic heterocycles. The van der Waals surface area contributed by atoms with E-state index in [2.05, 4.69) is 24.1 Å². The summed E-state index contributed by atoms with van der Waals surface area (Å²) in [6, 6.07) is 0.438. The van der Waals surface area contributed by atoms with Gasteiger partial charge in [-0.05, 0) is 26.4 Å². The predicted molar refractivity (Wildman–Crippen MR) is 74.2 cm³/mol. The van der Waals surface area contributed by atoms with Crippen LogP contribution < -0.4 is 5.32 Å².